The van der Waals surface area contributed by atoms with Gasteiger partial charge in [0.15, 0.2) is 0 Å². The number of nitrogens with zero attached hydrogens (tertiary/aromatic N) is 1. The first-order valence-electron chi connectivity index (χ1n) is 7.65. The lowest BCUT2D eigenvalue weighted by molar-refractivity contribution is 0.00857. The van der Waals surface area contributed by atoms with Gasteiger partial charge in [-0.15, -0.1) is 0 Å². The van der Waals surface area contributed by atoms with E-state index in [1.165, 1.54) is 32.1 Å². The fraction of sp³-hybridized carbons (Fsp3) is 1.00. The smallest absolute Gasteiger partial charge is 0.0695 e. The second kappa shape index (κ2) is 6.88. The van der Waals surface area contributed by atoms with Crippen molar-refractivity contribution in [2.45, 2.75) is 57.6 Å². The number of likely N-dealkylation sites (tertiary alicyclic amines) is 1. The second-order valence-corrected chi connectivity index (χ2v) is 6.21. The minimum Gasteiger partial charge on any atom is -0.391 e. The summed E-state index contributed by atoms with van der Waals surface area (Å²) >= 11 is 0. The molecule has 1 saturated heterocycles. The standard InChI is InChI=1S/C15H29NO2/c1-3-4-12-5-6-15(17)14(9-12)16-8-7-13(10-16)11-18-2/h12-15,17H,3-11H2,1-2H3. The molecular formula is C15H29NO2. The molecule has 2 fully saturated rings. The summed E-state index contributed by atoms with van der Waals surface area (Å²) in [5.74, 6) is 1.51. The Morgan fingerprint density at radius 1 is 1.22 bits per heavy atom. The molecule has 0 bridgehead atoms. The third kappa shape index (κ3) is 3.46. The summed E-state index contributed by atoms with van der Waals surface area (Å²) in [7, 11) is 1.79. The van der Waals surface area contributed by atoms with Crippen LogP contribution in [0.25, 0.3) is 0 Å². The van der Waals surface area contributed by atoms with Crippen molar-refractivity contribution in [3.63, 3.8) is 0 Å². The van der Waals surface area contributed by atoms with Gasteiger partial charge in [0.05, 0.1) is 12.7 Å². The van der Waals surface area contributed by atoms with Gasteiger partial charge in [0.2, 0.25) is 0 Å². The van der Waals surface area contributed by atoms with Crippen molar-refractivity contribution < 1.29 is 9.84 Å². The van der Waals surface area contributed by atoms with E-state index in [2.05, 4.69) is 11.8 Å². The number of hydrogen-bond donors (Lipinski definition) is 1. The highest BCUT2D eigenvalue weighted by molar-refractivity contribution is 4.90. The molecule has 0 aromatic carbocycles. The summed E-state index contributed by atoms with van der Waals surface area (Å²) in [5.41, 5.74) is 0. The molecule has 2 rings (SSSR count). The van der Waals surface area contributed by atoms with E-state index in [4.69, 9.17) is 4.74 Å². The third-order valence-corrected chi connectivity index (χ3v) is 4.78. The largest absolute Gasteiger partial charge is 0.391 e. The average molecular weight is 255 g/mol. The predicted octanol–water partition coefficient (Wildman–Crippen LogP) is 2.28. The molecular weight excluding hydrogens is 226 g/mol. The van der Waals surface area contributed by atoms with E-state index >= 15 is 0 Å². The number of aliphatic hydroxyl groups excluding tert-OH is 1. The highest BCUT2D eigenvalue weighted by Gasteiger charge is 2.36. The van der Waals surface area contributed by atoms with Crippen LogP contribution in [0.2, 0.25) is 0 Å². The maximum atomic E-state index is 10.3. The van der Waals surface area contributed by atoms with Crippen LogP contribution in [0.4, 0.5) is 0 Å². The average Bonchev–Trinajstić information content (AvgIpc) is 2.81. The van der Waals surface area contributed by atoms with Crippen LogP contribution in [0.1, 0.15) is 45.4 Å². The molecule has 0 spiro atoms. The molecule has 0 aromatic rings. The lowest BCUT2D eigenvalue weighted by Gasteiger charge is -2.39. The summed E-state index contributed by atoms with van der Waals surface area (Å²) in [6.07, 6.45) is 7.17. The summed E-state index contributed by atoms with van der Waals surface area (Å²) in [6.45, 7) is 5.41. The SMILES string of the molecule is CCCC1CCC(O)C(N2CCC(COC)C2)C1. The Kier molecular flexibility index (Phi) is 5.46. The third-order valence-electron chi connectivity index (χ3n) is 4.78. The Morgan fingerprint density at radius 2 is 2.06 bits per heavy atom. The fourth-order valence-electron chi connectivity index (χ4n) is 3.81. The van der Waals surface area contributed by atoms with E-state index in [9.17, 15) is 5.11 Å². The van der Waals surface area contributed by atoms with E-state index < -0.39 is 0 Å². The molecule has 1 aliphatic carbocycles. The molecule has 4 unspecified atom stereocenters. The van der Waals surface area contributed by atoms with Crippen LogP contribution in [0.15, 0.2) is 0 Å². The van der Waals surface area contributed by atoms with Gasteiger partial charge in [0.25, 0.3) is 0 Å². The van der Waals surface area contributed by atoms with Crippen LogP contribution in [-0.4, -0.2) is 49.0 Å². The van der Waals surface area contributed by atoms with Crippen LogP contribution in [-0.2, 0) is 4.74 Å². The van der Waals surface area contributed by atoms with Crippen molar-refractivity contribution in [1.82, 2.24) is 4.90 Å². The van der Waals surface area contributed by atoms with Gasteiger partial charge >= 0.3 is 0 Å². The van der Waals surface area contributed by atoms with Gasteiger partial charge in [-0.1, -0.05) is 19.8 Å². The van der Waals surface area contributed by atoms with Crippen LogP contribution < -0.4 is 0 Å². The topological polar surface area (TPSA) is 32.7 Å². The lowest BCUT2D eigenvalue weighted by Crippen LogP contribution is -2.46. The summed E-state index contributed by atoms with van der Waals surface area (Å²) in [6, 6.07) is 0.414. The molecule has 1 saturated carbocycles. The van der Waals surface area contributed by atoms with Crippen molar-refractivity contribution in [2.24, 2.45) is 11.8 Å². The Hall–Kier alpha value is -0.120. The number of methoxy groups -OCH3 is 1. The molecule has 0 amide bonds. The minimum atomic E-state index is -0.0978. The minimum absolute atomic E-state index is 0.0978. The number of ether oxygens (including phenoxy) is 1. The van der Waals surface area contributed by atoms with E-state index in [0.717, 1.165) is 32.0 Å². The van der Waals surface area contributed by atoms with Crippen molar-refractivity contribution >= 4 is 0 Å². The van der Waals surface area contributed by atoms with Crippen molar-refractivity contribution in [3.8, 4) is 0 Å². The first-order chi connectivity index (χ1) is 8.74. The van der Waals surface area contributed by atoms with Crippen molar-refractivity contribution in [3.05, 3.63) is 0 Å². The molecule has 0 radical (unpaired) electrons. The van der Waals surface area contributed by atoms with Gasteiger partial charge in [-0.05, 0) is 44.1 Å². The normalized spacial score (nSPS) is 38.2. The number of aliphatic hydroxyl groups is 1. The highest BCUT2D eigenvalue weighted by Crippen LogP contribution is 2.33. The van der Waals surface area contributed by atoms with E-state index in [1.54, 1.807) is 7.11 Å². The van der Waals surface area contributed by atoms with Gasteiger partial charge in [-0.2, -0.15) is 0 Å². The van der Waals surface area contributed by atoms with Crippen LogP contribution >= 0.6 is 0 Å². The number of hydrogen-bond acceptors (Lipinski definition) is 3. The molecule has 3 heteroatoms. The summed E-state index contributed by atoms with van der Waals surface area (Å²) < 4.78 is 5.26. The second-order valence-electron chi connectivity index (χ2n) is 6.21. The van der Waals surface area contributed by atoms with Crippen LogP contribution in [0.5, 0.6) is 0 Å². The zero-order valence-electron chi connectivity index (χ0n) is 12.0. The lowest BCUT2D eigenvalue weighted by atomic mass is 9.81. The zero-order chi connectivity index (χ0) is 13.0. The van der Waals surface area contributed by atoms with Gasteiger partial charge in [-0.3, -0.25) is 4.90 Å². The van der Waals surface area contributed by atoms with Gasteiger partial charge in [-0.25, -0.2) is 0 Å². The van der Waals surface area contributed by atoms with Gasteiger partial charge in [0.1, 0.15) is 0 Å². The van der Waals surface area contributed by atoms with Crippen molar-refractivity contribution in [2.75, 3.05) is 26.8 Å². The molecule has 1 heterocycles. The number of rotatable bonds is 5. The maximum absolute atomic E-state index is 10.3. The molecule has 1 aliphatic heterocycles. The van der Waals surface area contributed by atoms with E-state index in [0.29, 0.717) is 12.0 Å². The molecule has 4 atom stereocenters. The Labute approximate surface area is 112 Å². The Morgan fingerprint density at radius 3 is 2.78 bits per heavy atom. The molecule has 2 aliphatic rings. The van der Waals surface area contributed by atoms with Crippen molar-refractivity contribution in [1.29, 1.82) is 0 Å². The predicted molar refractivity (Wildman–Crippen MR) is 73.6 cm³/mol. The molecule has 18 heavy (non-hydrogen) atoms. The first kappa shape index (κ1) is 14.3. The van der Waals surface area contributed by atoms with Crippen LogP contribution in [0, 0.1) is 11.8 Å². The first-order valence-corrected chi connectivity index (χ1v) is 7.65. The van der Waals surface area contributed by atoms with Gasteiger partial charge < -0.3 is 9.84 Å². The quantitative estimate of drug-likeness (QED) is 0.818. The molecule has 0 aromatic heterocycles. The highest BCUT2D eigenvalue weighted by atomic mass is 16.5. The zero-order valence-corrected chi connectivity index (χ0v) is 12.0. The monoisotopic (exact) mass is 255 g/mol. The molecule has 3 nitrogen and oxygen atoms in total. The fourth-order valence-corrected chi connectivity index (χ4v) is 3.81. The van der Waals surface area contributed by atoms with Gasteiger partial charge in [0, 0.05) is 19.7 Å². The van der Waals surface area contributed by atoms with E-state index in [1.807, 2.05) is 0 Å². The Balaban J connectivity index is 1.86. The Bertz CT molecular complexity index is 247. The molecule has 106 valence electrons. The van der Waals surface area contributed by atoms with E-state index in [-0.39, 0.29) is 6.10 Å². The van der Waals surface area contributed by atoms with Crippen LogP contribution in [0.3, 0.4) is 0 Å². The molecule has 1 N–H and O–H groups in total. The maximum Gasteiger partial charge on any atom is 0.0695 e. The summed E-state index contributed by atoms with van der Waals surface area (Å²) in [4.78, 5) is 2.52. The summed E-state index contributed by atoms with van der Waals surface area (Å²) in [5, 5.41) is 10.3.